The lowest BCUT2D eigenvalue weighted by Crippen LogP contribution is -2.53. The van der Waals surface area contributed by atoms with E-state index in [1.54, 1.807) is 17.0 Å². The second kappa shape index (κ2) is 10.00. The maximum Gasteiger partial charge on any atom is 0.416 e. The molecule has 2 aliphatic rings. The van der Waals surface area contributed by atoms with Gasteiger partial charge in [-0.3, -0.25) is 4.79 Å². The predicted octanol–water partition coefficient (Wildman–Crippen LogP) is 3.65. The summed E-state index contributed by atoms with van der Waals surface area (Å²) >= 11 is 0. The minimum atomic E-state index is -4.47. The first-order valence-corrected chi connectivity index (χ1v) is 13.5. The van der Waals surface area contributed by atoms with E-state index in [1.807, 2.05) is 17.0 Å². The first kappa shape index (κ1) is 25.8. The van der Waals surface area contributed by atoms with Gasteiger partial charge >= 0.3 is 12.2 Å². The number of urea groups is 1. The molecule has 0 aromatic heterocycles. The summed E-state index contributed by atoms with van der Waals surface area (Å²) in [4.78, 5) is 29.0. The molecule has 4 rings (SSSR count). The number of nitrogens with one attached hydrogen (secondary N) is 2. The molecule has 36 heavy (non-hydrogen) atoms. The summed E-state index contributed by atoms with van der Waals surface area (Å²) in [6, 6.07) is 9.88. The lowest BCUT2D eigenvalue weighted by Gasteiger charge is -2.33. The third kappa shape index (κ3) is 5.92. The van der Waals surface area contributed by atoms with E-state index >= 15 is 0 Å². The van der Waals surface area contributed by atoms with Crippen molar-refractivity contribution in [2.24, 2.45) is 0 Å². The van der Waals surface area contributed by atoms with Gasteiger partial charge in [0.2, 0.25) is 5.91 Å². The Hall–Kier alpha value is -3.28. The molecule has 194 valence electrons. The Labute approximate surface area is 207 Å². The largest absolute Gasteiger partial charge is 0.416 e. The number of nitrogens with zero attached hydrogens (tertiary/aromatic N) is 2. The summed E-state index contributed by atoms with van der Waals surface area (Å²) in [5.74, 6) is -0.283. The van der Waals surface area contributed by atoms with Crippen LogP contribution >= 0.6 is 0 Å². The number of hydrogen-bond acceptors (Lipinski definition) is 5. The zero-order valence-corrected chi connectivity index (χ0v) is 20.4. The summed E-state index contributed by atoms with van der Waals surface area (Å²) in [6.07, 6.45) is -1.55. The fourth-order valence-corrected chi connectivity index (χ4v) is 5.47. The van der Waals surface area contributed by atoms with Crippen LogP contribution in [0.5, 0.6) is 0 Å². The molecule has 1 unspecified atom stereocenters. The van der Waals surface area contributed by atoms with Crippen LogP contribution in [-0.4, -0.2) is 57.5 Å². The minimum absolute atomic E-state index is 0.177. The summed E-state index contributed by atoms with van der Waals surface area (Å²) in [5.41, 5.74) is 0.894. The van der Waals surface area contributed by atoms with Gasteiger partial charge in [0.1, 0.15) is 6.04 Å². The van der Waals surface area contributed by atoms with E-state index in [0.717, 1.165) is 30.0 Å². The molecule has 2 aromatic carbocycles. The number of alkyl halides is 3. The quantitative estimate of drug-likeness (QED) is 0.622. The number of carbonyl (C=O) groups excluding carboxylic acids is 2. The first-order valence-electron chi connectivity index (χ1n) is 11.5. The van der Waals surface area contributed by atoms with E-state index in [2.05, 4.69) is 10.6 Å². The van der Waals surface area contributed by atoms with Crippen molar-refractivity contribution < 1.29 is 31.2 Å². The smallest absolute Gasteiger partial charge is 0.370 e. The zero-order chi connectivity index (χ0) is 26.1. The van der Waals surface area contributed by atoms with Crippen LogP contribution in [0, 0.1) is 0 Å². The van der Waals surface area contributed by atoms with Crippen LogP contribution < -0.4 is 20.4 Å². The average Bonchev–Trinajstić information content (AvgIpc) is 3.31. The van der Waals surface area contributed by atoms with Gasteiger partial charge in [0.05, 0.1) is 10.8 Å². The van der Waals surface area contributed by atoms with E-state index in [0.29, 0.717) is 44.6 Å². The molecule has 3 amide bonds. The lowest BCUT2D eigenvalue weighted by molar-refractivity contribution is -0.137. The molecule has 2 heterocycles. The van der Waals surface area contributed by atoms with E-state index in [1.165, 1.54) is 6.26 Å². The van der Waals surface area contributed by atoms with E-state index in [-0.39, 0.29) is 16.8 Å². The highest BCUT2D eigenvalue weighted by Crippen LogP contribution is 2.30. The van der Waals surface area contributed by atoms with Crippen LogP contribution in [0.4, 0.5) is 35.0 Å². The molecule has 12 heteroatoms. The van der Waals surface area contributed by atoms with Gasteiger partial charge in [-0.25, -0.2) is 13.2 Å². The monoisotopic (exact) mass is 524 g/mol. The third-order valence-electron chi connectivity index (χ3n) is 6.49. The number of carbonyl (C=O) groups is 2. The Kier molecular flexibility index (Phi) is 7.17. The van der Waals surface area contributed by atoms with Crippen LogP contribution in [-0.2, 0) is 20.8 Å². The van der Waals surface area contributed by atoms with Crippen molar-refractivity contribution in [2.75, 3.05) is 41.0 Å². The number of anilines is 3. The summed E-state index contributed by atoms with van der Waals surface area (Å²) in [7, 11) is -3.10. The van der Waals surface area contributed by atoms with Gasteiger partial charge in [0.15, 0.2) is 9.84 Å². The zero-order valence-electron chi connectivity index (χ0n) is 19.6. The van der Waals surface area contributed by atoms with Gasteiger partial charge in [0.25, 0.3) is 0 Å². The maximum absolute atomic E-state index is 13.0. The molecule has 2 saturated heterocycles. The Morgan fingerprint density at radius 1 is 0.972 bits per heavy atom. The molecule has 0 aliphatic carbocycles. The SMILES string of the molecule is CS(=O)(=O)C1CCN(c2ccc(N3CCC[C@@H](NC(=O)Nc4ccc(C(F)(F)F)cc4)C3=O)cc2)C1. The van der Waals surface area contributed by atoms with Crippen molar-refractivity contribution in [3.63, 3.8) is 0 Å². The van der Waals surface area contributed by atoms with Crippen LogP contribution in [0.25, 0.3) is 0 Å². The predicted molar refractivity (Wildman–Crippen MR) is 131 cm³/mol. The number of piperidine rings is 1. The fraction of sp³-hybridized carbons (Fsp3) is 0.417. The molecule has 0 bridgehead atoms. The highest BCUT2D eigenvalue weighted by molar-refractivity contribution is 7.91. The van der Waals surface area contributed by atoms with Crippen molar-refractivity contribution in [3.05, 3.63) is 54.1 Å². The summed E-state index contributed by atoms with van der Waals surface area (Å²) in [5, 5.41) is 4.68. The average molecular weight is 525 g/mol. The number of halogens is 3. The van der Waals surface area contributed by atoms with Gasteiger partial charge < -0.3 is 20.4 Å². The fourth-order valence-electron chi connectivity index (χ4n) is 4.49. The second-order valence-corrected chi connectivity index (χ2v) is 11.4. The Morgan fingerprint density at radius 2 is 1.61 bits per heavy atom. The number of rotatable bonds is 5. The van der Waals surface area contributed by atoms with Gasteiger partial charge in [0, 0.05) is 43.0 Å². The lowest BCUT2D eigenvalue weighted by atomic mass is 10.0. The summed E-state index contributed by atoms with van der Waals surface area (Å²) in [6.45, 7) is 1.55. The van der Waals surface area contributed by atoms with Gasteiger partial charge in [-0.2, -0.15) is 13.2 Å². The molecular weight excluding hydrogens is 497 g/mol. The highest BCUT2D eigenvalue weighted by Gasteiger charge is 2.33. The van der Waals surface area contributed by atoms with Crippen molar-refractivity contribution in [3.8, 4) is 0 Å². The van der Waals surface area contributed by atoms with Crippen molar-refractivity contribution in [2.45, 2.75) is 36.7 Å². The molecular formula is C24H27F3N4O4S. The second-order valence-electron chi connectivity index (χ2n) is 9.06. The molecule has 8 nitrogen and oxygen atoms in total. The normalized spacial score (nSPS) is 20.9. The molecule has 2 N–H and O–H groups in total. The van der Waals surface area contributed by atoms with E-state index in [9.17, 15) is 31.2 Å². The maximum atomic E-state index is 13.0. The first-order chi connectivity index (χ1) is 16.9. The Morgan fingerprint density at radius 3 is 2.19 bits per heavy atom. The van der Waals surface area contributed by atoms with Gasteiger partial charge in [-0.05, 0) is 67.8 Å². The highest BCUT2D eigenvalue weighted by atomic mass is 32.2. The van der Waals surface area contributed by atoms with Gasteiger partial charge in [-0.15, -0.1) is 0 Å². The van der Waals surface area contributed by atoms with Crippen LogP contribution in [0.15, 0.2) is 48.5 Å². The Bertz CT molecular complexity index is 1220. The van der Waals surface area contributed by atoms with Crippen molar-refractivity contribution >= 4 is 38.8 Å². The van der Waals surface area contributed by atoms with Crippen molar-refractivity contribution in [1.82, 2.24) is 5.32 Å². The molecule has 2 atom stereocenters. The molecule has 0 saturated carbocycles. The van der Waals surface area contributed by atoms with Crippen LogP contribution in [0.3, 0.4) is 0 Å². The molecule has 0 spiro atoms. The molecule has 0 radical (unpaired) electrons. The van der Waals surface area contributed by atoms with E-state index < -0.39 is 33.6 Å². The van der Waals surface area contributed by atoms with Crippen LogP contribution in [0.2, 0.25) is 0 Å². The number of hydrogen-bond donors (Lipinski definition) is 2. The van der Waals surface area contributed by atoms with E-state index in [4.69, 9.17) is 0 Å². The van der Waals surface area contributed by atoms with Crippen molar-refractivity contribution in [1.29, 1.82) is 0 Å². The number of sulfone groups is 1. The third-order valence-corrected chi connectivity index (χ3v) is 8.09. The van der Waals surface area contributed by atoms with Crippen LogP contribution in [0.1, 0.15) is 24.8 Å². The molecule has 2 aliphatic heterocycles. The topological polar surface area (TPSA) is 98.8 Å². The standard InChI is InChI=1S/C24H27F3N4O4S/c1-36(34,35)20-12-14-30(15-20)18-8-10-19(11-9-18)31-13-2-3-21(22(31)32)29-23(33)28-17-6-4-16(5-7-17)24(25,26)27/h4-11,20-21H,2-3,12-15H2,1H3,(H2,28,29,33)/t20?,21-/m1/s1. The molecule has 2 fully saturated rings. The van der Waals surface area contributed by atoms with Gasteiger partial charge in [-0.1, -0.05) is 0 Å². The number of benzene rings is 2. The Balaban J connectivity index is 1.35. The summed E-state index contributed by atoms with van der Waals surface area (Å²) < 4.78 is 61.8. The number of amides is 3. The minimum Gasteiger partial charge on any atom is -0.370 e. The molecule has 2 aromatic rings.